The van der Waals surface area contributed by atoms with Gasteiger partial charge in [0.1, 0.15) is 6.17 Å². The maximum atomic E-state index is 12.9. The lowest BCUT2D eigenvalue weighted by molar-refractivity contribution is 0.0936. The summed E-state index contributed by atoms with van der Waals surface area (Å²) in [6, 6.07) is 20.4. The lowest BCUT2D eigenvalue weighted by Crippen LogP contribution is -2.56. The number of rotatable bonds is 4. The van der Waals surface area contributed by atoms with Crippen LogP contribution in [0.4, 0.5) is 5.69 Å². The maximum absolute atomic E-state index is 12.9. The number of fused-ring (bicyclic) bond motifs is 1. The highest BCUT2D eigenvalue weighted by Gasteiger charge is 2.35. The molecule has 0 saturated heterocycles. The van der Waals surface area contributed by atoms with Crippen LogP contribution in [0.5, 0.6) is 0 Å². The molecular weight excluding hydrogens is 517 g/mol. The number of thiocarbonyl (C=S) groups is 1. The van der Waals surface area contributed by atoms with E-state index in [0.717, 1.165) is 20.9 Å². The summed E-state index contributed by atoms with van der Waals surface area (Å²) in [6.45, 7) is 0. The largest absolute Gasteiger partial charge is 0.339 e. The molecule has 4 nitrogen and oxygen atoms in total. The standard InChI is InChI=1S/C20H15BrCl3N3OS/c21-13-7-4-8-14(11-13)25-19(29)27-18(20(22,23)24)26-17(28)16-10-3-6-12-5-1-2-9-15(12)16/h1-11,18H,(H,26,28)(H2,25,27,29)/t18-/m1/s1. The lowest BCUT2D eigenvalue weighted by Gasteiger charge is -2.28. The molecule has 0 aliphatic carbocycles. The number of amides is 1. The van der Waals surface area contributed by atoms with Gasteiger partial charge in [0.2, 0.25) is 3.79 Å². The van der Waals surface area contributed by atoms with Crippen molar-refractivity contribution in [2.75, 3.05) is 5.32 Å². The van der Waals surface area contributed by atoms with Crippen molar-refractivity contribution in [2.24, 2.45) is 0 Å². The Bertz CT molecular complexity index is 1050. The van der Waals surface area contributed by atoms with Gasteiger partial charge in [0.05, 0.1) is 0 Å². The van der Waals surface area contributed by atoms with Crippen LogP contribution in [0.3, 0.4) is 0 Å². The zero-order chi connectivity index (χ0) is 21.0. The summed E-state index contributed by atoms with van der Waals surface area (Å²) in [6.07, 6.45) is -1.06. The van der Waals surface area contributed by atoms with Crippen molar-refractivity contribution in [3.8, 4) is 0 Å². The van der Waals surface area contributed by atoms with Crippen LogP contribution in [0.25, 0.3) is 10.8 Å². The second-order valence-electron chi connectivity index (χ2n) is 6.08. The van der Waals surface area contributed by atoms with Crippen molar-refractivity contribution in [2.45, 2.75) is 9.96 Å². The second kappa shape index (κ2) is 9.49. The topological polar surface area (TPSA) is 53.2 Å². The van der Waals surface area contributed by atoms with Gasteiger partial charge in [-0.3, -0.25) is 4.79 Å². The number of benzene rings is 3. The molecule has 0 heterocycles. The molecule has 0 radical (unpaired) electrons. The molecule has 3 aromatic carbocycles. The van der Waals surface area contributed by atoms with Gasteiger partial charge in [-0.25, -0.2) is 0 Å². The number of carbonyl (C=O) groups is 1. The Kier molecular flexibility index (Phi) is 7.24. The molecule has 0 aliphatic rings. The minimum Gasteiger partial charge on any atom is -0.339 e. The number of halogens is 4. The van der Waals surface area contributed by atoms with Crippen LogP contribution in [-0.4, -0.2) is 21.0 Å². The Labute approximate surface area is 197 Å². The van der Waals surface area contributed by atoms with Crippen LogP contribution in [0.1, 0.15) is 10.4 Å². The van der Waals surface area contributed by atoms with E-state index in [1.807, 2.05) is 54.6 Å². The quantitative estimate of drug-likeness (QED) is 0.219. The van der Waals surface area contributed by atoms with Gasteiger partial charge < -0.3 is 16.0 Å². The molecule has 9 heteroatoms. The molecule has 1 amide bonds. The van der Waals surface area contributed by atoms with E-state index in [1.165, 1.54) is 0 Å². The molecule has 0 unspecified atom stereocenters. The van der Waals surface area contributed by atoms with Gasteiger partial charge in [0, 0.05) is 15.7 Å². The summed E-state index contributed by atoms with van der Waals surface area (Å²) in [4.78, 5) is 12.9. The first-order valence-electron chi connectivity index (χ1n) is 8.42. The summed E-state index contributed by atoms with van der Waals surface area (Å²) in [7, 11) is 0. The molecule has 0 saturated carbocycles. The summed E-state index contributed by atoms with van der Waals surface area (Å²) in [5, 5.41) is 10.5. The molecule has 0 aliphatic heterocycles. The number of anilines is 1. The van der Waals surface area contributed by atoms with Crippen molar-refractivity contribution in [1.82, 2.24) is 10.6 Å². The third-order valence-corrected chi connectivity index (χ3v) is 5.36. The molecule has 150 valence electrons. The lowest BCUT2D eigenvalue weighted by atomic mass is 10.0. The second-order valence-corrected chi connectivity index (χ2v) is 9.78. The van der Waals surface area contributed by atoms with E-state index >= 15 is 0 Å². The first-order valence-corrected chi connectivity index (χ1v) is 10.8. The molecule has 29 heavy (non-hydrogen) atoms. The van der Waals surface area contributed by atoms with E-state index in [0.29, 0.717) is 5.56 Å². The van der Waals surface area contributed by atoms with Crippen LogP contribution >= 0.6 is 63.0 Å². The Morgan fingerprint density at radius 3 is 2.38 bits per heavy atom. The van der Waals surface area contributed by atoms with E-state index in [2.05, 4.69) is 31.9 Å². The number of alkyl halides is 3. The summed E-state index contributed by atoms with van der Waals surface area (Å²) in [5.41, 5.74) is 1.20. The van der Waals surface area contributed by atoms with Gasteiger partial charge in [0.25, 0.3) is 5.91 Å². The molecule has 3 rings (SSSR count). The van der Waals surface area contributed by atoms with Gasteiger partial charge in [-0.1, -0.05) is 93.2 Å². The highest BCUT2D eigenvalue weighted by atomic mass is 79.9. The fourth-order valence-electron chi connectivity index (χ4n) is 2.70. The summed E-state index contributed by atoms with van der Waals surface area (Å²) >= 11 is 26.9. The highest BCUT2D eigenvalue weighted by molar-refractivity contribution is 9.10. The highest BCUT2D eigenvalue weighted by Crippen LogP contribution is 2.30. The summed E-state index contributed by atoms with van der Waals surface area (Å²) < 4.78 is -0.962. The molecular formula is C20H15BrCl3N3OS. The molecule has 1 atom stereocenters. The first-order chi connectivity index (χ1) is 13.7. The van der Waals surface area contributed by atoms with E-state index < -0.39 is 15.9 Å². The average molecular weight is 532 g/mol. The molecule has 0 aromatic heterocycles. The van der Waals surface area contributed by atoms with Gasteiger partial charge in [-0.05, 0) is 47.3 Å². The molecule has 3 aromatic rings. The van der Waals surface area contributed by atoms with Gasteiger partial charge in [-0.15, -0.1) is 0 Å². The Morgan fingerprint density at radius 2 is 1.66 bits per heavy atom. The fourth-order valence-corrected chi connectivity index (χ4v) is 3.66. The van der Waals surface area contributed by atoms with E-state index in [1.54, 1.807) is 12.1 Å². The zero-order valence-corrected chi connectivity index (χ0v) is 19.4. The Balaban J connectivity index is 1.77. The summed E-state index contributed by atoms with van der Waals surface area (Å²) in [5.74, 6) is -0.393. The third kappa shape index (κ3) is 5.96. The number of carbonyl (C=O) groups excluding carboxylic acids is 1. The minimum atomic E-state index is -1.84. The van der Waals surface area contributed by atoms with Crippen LogP contribution in [-0.2, 0) is 0 Å². The Hall–Kier alpha value is -1.57. The van der Waals surface area contributed by atoms with E-state index in [4.69, 9.17) is 47.0 Å². The Morgan fingerprint density at radius 1 is 0.966 bits per heavy atom. The van der Waals surface area contributed by atoms with Crippen molar-refractivity contribution in [1.29, 1.82) is 0 Å². The predicted molar refractivity (Wildman–Crippen MR) is 129 cm³/mol. The average Bonchev–Trinajstić information content (AvgIpc) is 2.66. The van der Waals surface area contributed by atoms with Crippen molar-refractivity contribution in [3.05, 3.63) is 76.8 Å². The minimum absolute atomic E-state index is 0.192. The van der Waals surface area contributed by atoms with Crippen molar-refractivity contribution >= 4 is 90.4 Å². The molecule has 3 N–H and O–H groups in total. The monoisotopic (exact) mass is 529 g/mol. The fraction of sp³-hybridized carbons (Fsp3) is 0.100. The van der Waals surface area contributed by atoms with Crippen LogP contribution in [0, 0.1) is 0 Å². The van der Waals surface area contributed by atoms with Crippen LogP contribution in [0.15, 0.2) is 71.2 Å². The van der Waals surface area contributed by atoms with Crippen molar-refractivity contribution < 1.29 is 4.79 Å². The van der Waals surface area contributed by atoms with Gasteiger partial charge in [0.15, 0.2) is 5.11 Å². The first kappa shape index (κ1) is 22.1. The van der Waals surface area contributed by atoms with Crippen LogP contribution < -0.4 is 16.0 Å². The normalized spacial score (nSPS) is 12.3. The SMILES string of the molecule is O=C(N[C@H](NC(=S)Nc1cccc(Br)c1)C(Cl)(Cl)Cl)c1cccc2ccccc12. The van der Waals surface area contributed by atoms with Gasteiger partial charge in [-0.2, -0.15) is 0 Å². The number of hydrogen-bond donors (Lipinski definition) is 3. The third-order valence-electron chi connectivity index (χ3n) is 3.99. The smallest absolute Gasteiger partial charge is 0.253 e. The maximum Gasteiger partial charge on any atom is 0.253 e. The predicted octanol–water partition coefficient (Wildman–Crippen LogP) is 6.02. The molecule has 0 bridgehead atoms. The number of nitrogens with one attached hydrogen (secondary N) is 3. The molecule has 0 spiro atoms. The molecule has 0 fully saturated rings. The number of hydrogen-bond acceptors (Lipinski definition) is 2. The van der Waals surface area contributed by atoms with Crippen molar-refractivity contribution in [3.63, 3.8) is 0 Å². The van der Waals surface area contributed by atoms with Crippen LogP contribution in [0.2, 0.25) is 0 Å². The van der Waals surface area contributed by atoms with E-state index in [-0.39, 0.29) is 5.11 Å². The van der Waals surface area contributed by atoms with E-state index in [9.17, 15) is 4.79 Å². The van der Waals surface area contributed by atoms with Gasteiger partial charge >= 0.3 is 0 Å². The zero-order valence-electron chi connectivity index (χ0n) is 14.8.